The number of nitrogens with zero attached hydrogens (tertiary/aromatic N) is 1. The Morgan fingerprint density at radius 3 is 2.87 bits per heavy atom. The van der Waals surface area contributed by atoms with E-state index in [0.717, 1.165) is 0 Å². The summed E-state index contributed by atoms with van der Waals surface area (Å²) in [4.78, 5) is 25.2. The Hall–Kier alpha value is -1.97. The molecule has 0 aliphatic rings. The molecule has 0 fully saturated rings. The highest BCUT2D eigenvalue weighted by molar-refractivity contribution is 5.86. The highest BCUT2D eigenvalue weighted by atomic mass is 16.5. The molecule has 0 N–H and O–H groups in total. The van der Waals surface area contributed by atoms with E-state index >= 15 is 0 Å². The van der Waals surface area contributed by atoms with E-state index in [1.165, 1.54) is 18.3 Å². The van der Waals surface area contributed by atoms with Crippen LogP contribution < -0.4 is 0 Å². The van der Waals surface area contributed by atoms with Gasteiger partial charge in [-0.15, -0.1) is 0 Å². The number of hydrogen-bond acceptors (Lipinski definition) is 4. The van der Waals surface area contributed by atoms with Gasteiger partial charge < -0.3 is 4.74 Å². The van der Waals surface area contributed by atoms with Gasteiger partial charge in [0.1, 0.15) is 0 Å². The van der Waals surface area contributed by atoms with Crippen LogP contribution in [-0.4, -0.2) is 23.8 Å². The summed E-state index contributed by atoms with van der Waals surface area (Å²) >= 11 is 0. The topological polar surface area (TPSA) is 56.3 Å². The number of carbonyl (C=O) groups is 2. The molecule has 0 unspecified atom stereocenters. The molecule has 0 aliphatic carbocycles. The molecule has 0 aromatic carbocycles. The second-order valence-corrected chi connectivity index (χ2v) is 2.72. The minimum absolute atomic E-state index is 0.348. The van der Waals surface area contributed by atoms with Crippen LogP contribution in [-0.2, 0) is 9.53 Å². The maximum Gasteiger partial charge on any atom is 0.330 e. The second kappa shape index (κ2) is 5.70. The van der Waals surface area contributed by atoms with Crippen LogP contribution in [0.4, 0.5) is 0 Å². The first-order valence-corrected chi connectivity index (χ1v) is 4.52. The van der Waals surface area contributed by atoms with Crippen molar-refractivity contribution < 1.29 is 14.3 Å². The van der Waals surface area contributed by atoms with Gasteiger partial charge in [0.25, 0.3) is 0 Å². The van der Waals surface area contributed by atoms with Crippen molar-refractivity contribution in [1.82, 2.24) is 4.98 Å². The molecule has 4 heteroatoms. The lowest BCUT2D eigenvalue weighted by Gasteiger charge is -1.95. The average Bonchev–Trinajstić information content (AvgIpc) is 2.27. The van der Waals surface area contributed by atoms with E-state index in [4.69, 9.17) is 4.74 Å². The molecule has 0 saturated carbocycles. The van der Waals surface area contributed by atoms with Crippen LogP contribution in [0.1, 0.15) is 23.0 Å². The molecule has 0 aliphatic heterocycles. The van der Waals surface area contributed by atoms with E-state index < -0.39 is 5.97 Å². The van der Waals surface area contributed by atoms with Crippen LogP contribution in [0.5, 0.6) is 0 Å². The van der Waals surface area contributed by atoms with Crippen molar-refractivity contribution in [2.75, 3.05) is 6.61 Å². The maximum atomic E-state index is 10.9. The molecular weight excluding hydrogens is 194 g/mol. The Morgan fingerprint density at radius 2 is 2.33 bits per heavy atom. The third-order valence-corrected chi connectivity index (χ3v) is 1.62. The van der Waals surface area contributed by atoms with Gasteiger partial charge in [-0.3, -0.25) is 9.78 Å². The molecule has 1 aromatic rings. The maximum absolute atomic E-state index is 10.9. The van der Waals surface area contributed by atoms with E-state index in [1.807, 2.05) is 0 Å². The van der Waals surface area contributed by atoms with Gasteiger partial charge in [0, 0.05) is 17.8 Å². The molecule has 78 valence electrons. The van der Waals surface area contributed by atoms with Gasteiger partial charge in [-0.05, 0) is 25.1 Å². The quantitative estimate of drug-likeness (QED) is 0.424. The van der Waals surface area contributed by atoms with Gasteiger partial charge in [-0.1, -0.05) is 0 Å². The van der Waals surface area contributed by atoms with Crippen LogP contribution >= 0.6 is 0 Å². The largest absolute Gasteiger partial charge is 0.463 e. The smallest absolute Gasteiger partial charge is 0.330 e. The third-order valence-electron chi connectivity index (χ3n) is 1.62. The zero-order valence-corrected chi connectivity index (χ0v) is 8.34. The number of pyridine rings is 1. The number of esters is 1. The minimum atomic E-state index is -0.404. The van der Waals surface area contributed by atoms with Crippen molar-refractivity contribution in [2.45, 2.75) is 6.92 Å². The minimum Gasteiger partial charge on any atom is -0.463 e. The summed E-state index contributed by atoms with van der Waals surface area (Å²) in [5.74, 6) is -0.404. The molecule has 0 spiro atoms. The number of rotatable bonds is 4. The molecule has 0 bridgehead atoms. The standard InChI is InChI=1S/C11H11NO3/c1-2-15-11(14)6-5-10-4-3-9(8-13)7-12-10/h3-8H,2H2,1H3. The highest BCUT2D eigenvalue weighted by Crippen LogP contribution is 2.00. The zero-order valence-electron chi connectivity index (χ0n) is 8.34. The van der Waals surface area contributed by atoms with E-state index in [2.05, 4.69) is 4.98 Å². The van der Waals surface area contributed by atoms with Crippen LogP contribution in [0.15, 0.2) is 24.4 Å². The summed E-state index contributed by atoms with van der Waals surface area (Å²) in [6.07, 6.45) is 4.99. The summed E-state index contributed by atoms with van der Waals surface area (Å²) in [7, 11) is 0. The Kier molecular flexibility index (Phi) is 4.22. The Labute approximate surface area is 87.6 Å². The van der Waals surface area contributed by atoms with Gasteiger partial charge in [-0.2, -0.15) is 0 Å². The number of carbonyl (C=O) groups excluding carboxylic acids is 2. The summed E-state index contributed by atoms with van der Waals surface area (Å²) in [5, 5.41) is 0. The predicted molar refractivity (Wildman–Crippen MR) is 55.3 cm³/mol. The first-order chi connectivity index (χ1) is 7.26. The van der Waals surface area contributed by atoms with Crippen molar-refractivity contribution in [3.8, 4) is 0 Å². The van der Waals surface area contributed by atoms with Gasteiger partial charge in [-0.25, -0.2) is 4.79 Å². The predicted octanol–water partition coefficient (Wildman–Crippen LogP) is 1.47. The highest BCUT2D eigenvalue weighted by Gasteiger charge is 1.95. The normalized spacial score (nSPS) is 10.2. The first-order valence-electron chi connectivity index (χ1n) is 4.52. The van der Waals surface area contributed by atoms with E-state index in [0.29, 0.717) is 24.2 Å². The lowest BCUT2D eigenvalue weighted by molar-refractivity contribution is -0.137. The summed E-state index contributed by atoms with van der Waals surface area (Å²) in [5.41, 5.74) is 1.11. The average molecular weight is 205 g/mol. The van der Waals surface area contributed by atoms with Crippen LogP contribution in [0.3, 0.4) is 0 Å². The number of ether oxygens (including phenoxy) is 1. The molecule has 4 nitrogen and oxygen atoms in total. The Balaban J connectivity index is 2.64. The SMILES string of the molecule is CCOC(=O)C=Cc1ccc(C=O)cn1. The van der Waals surface area contributed by atoms with Crippen LogP contribution in [0.2, 0.25) is 0 Å². The fraction of sp³-hybridized carbons (Fsp3) is 0.182. The van der Waals surface area contributed by atoms with Gasteiger partial charge in [0.05, 0.1) is 12.3 Å². The number of aldehydes is 1. The number of hydrogen-bond donors (Lipinski definition) is 0. The van der Waals surface area contributed by atoms with E-state index in [1.54, 1.807) is 19.1 Å². The molecule has 0 radical (unpaired) electrons. The lowest BCUT2D eigenvalue weighted by atomic mass is 10.2. The first kappa shape index (κ1) is 11.1. The van der Waals surface area contributed by atoms with Crippen molar-refractivity contribution in [1.29, 1.82) is 0 Å². The second-order valence-electron chi connectivity index (χ2n) is 2.72. The van der Waals surface area contributed by atoms with E-state index in [-0.39, 0.29) is 0 Å². The number of aromatic nitrogens is 1. The monoisotopic (exact) mass is 205 g/mol. The molecule has 1 heterocycles. The summed E-state index contributed by atoms with van der Waals surface area (Å²) in [6, 6.07) is 3.28. The molecule has 1 rings (SSSR count). The molecule has 0 atom stereocenters. The van der Waals surface area contributed by atoms with Crippen LogP contribution in [0, 0.1) is 0 Å². The third kappa shape index (κ3) is 3.72. The Bertz CT molecular complexity index is 368. The van der Waals surface area contributed by atoms with Crippen molar-refractivity contribution in [3.05, 3.63) is 35.7 Å². The Morgan fingerprint density at radius 1 is 1.53 bits per heavy atom. The summed E-state index contributed by atoms with van der Waals surface area (Å²) in [6.45, 7) is 2.09. The fourth-order valence-electron chi connectivity index (χ4n) is 0.929. The molecule has 1 aromatic heterocycles. The van der Waals surface area contributed by atoms with Gasteiger partial charge >= 0.3 is 5.97 Å². The van der Waals surface area contributed by atoms with Gasteiger partial charge in [0.15, 0.2) is 6.29 Å². The lowest BCUT2D eigenvalue weighted by Crippen LogP contribution is -1.98. The van der Waals surface area contributed by atoms with Crippen molar-refractivity contribution in [2.24, 2.45) is 0 Å². The van der Waals surface area contributed by atoms with Crippen molar-refractivity contribution in [3.63, 3.8) is 0 Å². The fourth-order valence-corrected chi connectivity index (χ4v) is 0.929. The zero-order chi connectivity index (χ0) is 11.1. The molecular formula is C11H11NO3. The molecule has 15 heavy (non-hydrogen) atoms. The van der Waals surface area contributed by atoms with Gasteiger partial charge in [0.2, 0.25) is 0 Å². The van der Waals surface area contributed by atoms with Crippen molar-refractivity contribution >= 4 is 18.3 Å². The van der Waals surface area contributed by atoms with E-state index in [9.17, 15) is 9.59 Å². The molecule has 0 saturated heterocycles. The van der Waals surface area contributed by atoms with Crippen LogP contribution in [0.25, 0.3) is 6.08 Å². The molecule has 0 amide bonds. The summed E-state index contributed by atoms with van der Waals surface area (Å²) < 4.78 is 4.70.